The number of hydrogen-bond acceptors (Lipinski definition) is 4. The van der Waals surface area contributed by atoms with E-state index in [1.165, 1.54) is 6.07 Å². The van der Waals surface area contributed by atoms with Crippen LogP contribution in [0.2, 0.25) is 0 Å². The van der Waals surface area contributed by atoms with Crippen LogP contribution in [-0.2, 0) is 0 Å². The third-order valence-electron chi connectivity index (χ3n) is 3.84. The number of nitrogens with two attached hydrogens (primary N) is 1. The Bertz CT molecular complexity index is 1180. The molecule has 0 aliphatic carbocycles. The Morgan fingerprint density at radius 1 is 0.889 bits per heavy atom. The van der Waals surface area contributed by atoms with Crippen LogP contribution < -0.4 is 10.5 Å². The van der Waals surface area contributed by atoms with Gasteiger partial charge in [0.15, 0.2) is 11.6 Å². The fraction of sp³-hybridized carbons (Fsp3) is 0. The SMILES string of the molecule is Nc1nc(Oc2ccc(F)cc2F)cc2[nH]nc(-c3cc(F)ccc3F)c12. The molecule has 0 fully saturated rings. The van der Waals surface area contributed by atoms with E-state index < -0.39 is 23.3 Å². The Morgan fingerprint density at radius 3 is 2.41 bits per heavy atom. The molecule has 0 saturated carbocycles. The first kappa shape index (κ1) is 16.8. The first-order valence-corrected chi connectivity index (χ1v) is 7.65. The highest BCUT2D eigenvalue weighted by atomic mass is 19.1. The maximum atomic E-state index is 14.1. The summed E-state index contributed by atoms with van der Waals surface area (Å²) in [4.78, 5) is 3.99. The number of ether oxygens (including phenoxy) is 1. The van der Waals surface area contributed by atoms with Crippen LogP contribution in [0, 0.1) is 23.3 Å². The molecule has 0 aliphatic heterocycles. The highest BCUT2D eigenvalue weighted by Crippen LogP contribution is 2.34. The van der Waals surface area contributed by atoms with Crippen molar-refractivity contribution in [2.24, 2.45) is 0 Å². The summed E-state index contributed by atoms with van der Waals surface area (Å²) in [5.74, 6) is -3.41. The Hall–Kier alpha value is -3.62. The van der Waals surface area contributed by atoms with Gasteiger partial charge in [-0.15, -0.1) is 0 Å². The van der Waals surface area contributed by atoms with Crippen LogP contribution in [0.25, 0.3) is 22.2 Å². The van der Waals surface area contributed by atoms with Gasteiger partial charge < -0.3 is 10.5 Å². The number of halogens is 4. The minimum Gasteiger partial charge on any atom is -0.436 e. The summed E-state index contributed by atoms with van der Waals surface area (Å²) >= 11 is 0. The summed E-state index contributed by atoms with van der Waals surface area (Å²) in [6, 6.07) is 7.11. The average Bonchev–Trinajstić information content (AvgIpc) is 3.04. The molecule has 27 heavy (non-hydrogen) atoms. The first-order valence-electron chi connectivity index (χ1n) is 7.65. The largest absolute Gasteiger partial charge is 0.436 e. The lowest BCUT2D eigenvalue weighted by Crippen LogP contribution is -1.97. The number of nitrogens with zero attached hydrogens (tertiary/aromatic N) is 2. The molecule has 0 aliphatic rings. The lowest BCUT2D eigenvalue weighted by Gasteiger charge is -2.08. The summed E-state index contributed by atoms with van der Waals surface area (Å²) in [5.41, 5.74) is 6.23. The summed E-state index contributed by atoms with van der Waals surface area (Å²) in [6.45, 7) is 0. The van der Waals surface area contributed by atoms with E-state index in [0.29, 0.717) is 11.6 Å². The van der Waals surface area contributed by atoms with E-state index in [2.05, 4.69) is 15.2 Å². The Morgan fingerprint density at radius 2 is 1.63 bits per heavy atom. The third kappa shape index (κ3) is 3.03. The van der Waals surface area contributed by atoms with E-state index in [1.807, 2.05) is 0 Å². The van der Waals surface area contributed by atoms with Crippen molar-refractivity contribution in [1.29, 1.82) is 0 Å². The molecule has 0 bridgehead atoms. The van der Waals surface area contributed by atoms with Gasteiger partial charge in [-0.2, -0.15) is 10.1 Å². The maximum absolute atomic E-state index is 14.1. The topological polar surface area (TPSA) is 76.8 Å². The number of nitrogen functional groups attached to an aromatic ring is 1. The number of anilines is 1. The second kappa shape index (κ2) is 6.27. The van der Waals surface area contributed by atoms with Gasteiger partial charge in [0.2, 0.25) is 5.88 Å². The van der Waals surface area contributed by atoms with Crippen LogP contribution in [0.15, 0.2) is 42.5 Å². The van der Waals surface area contributed by atoms with E-state index in [9.17, 15) is 17.6 Å². The summed E-state index contributed by atoms with van der Waals surface area (Å²) < 4.78 is 59.6. The van der Waals surface area contributed by atoms with E-state index in [0.717, 1.165) is 30.3 Å². The predicted octanol–water partition coefficient (Wildman–Crippen LogP) is 4.56. The Labute approximate surface area is 149 Å². The van der Waals surface area contributed by atoms with Crippen molar-refractivity contribution in [3.63, 3.8) is 0 Å². The Kier molecular flexibility index (Phi) is 3.91. The normalized spacial score (nSPS) is 11.1. The van der Waals surface area contributed by atoms with Gasteiger partial charge in [0.05, 0.1) is 10.9 Å². The number of H-pyrrole nitrogens is 1. The summed E-state index contributed by atoms with van der Waals surface area (Å²) in [5, 5.41) is 6.86. The number of aromatic amines is 1. The molecule has 0 atom stereocenters. The third-order valence-corrected chi connectivity index (χ3v) is 3.84. The van der Waals surface area contributed by atoms with Gasteiger partial charge in [0.25, 0.3) is 0 Å². The van der Waals surface area contributed by atoms with Crippen molar-refractivity contribution in [3.05, 3.63) is 65.7 Å². The van der Waals surface area contributed by atoms with Crippen LogP contribution in [-0.4, -0.2) is 15.2 Å². The number of hydrogen-bond donors (Lipinski definition) is 2. The molecular formula is C18H10F4N4O. The molecule has 2 heterocycles. The fourth-order valence-corrected chi connectivity index (χ4v) is 2.65. The molecule has 0 radical (unpaired) electrons. The fourth-order valence-electron chi connectivity index (χ4n) is 2.65. The molecular weight excluding hydrogens is 364 g/mol. The number of aromatic nitrogens is 3. The minimum atomic E-state index is -0.914. The predicted molar refractivity (Wildman–Crippen MR) is 90.1 cm³/mol. The molecule has 5 nitrogen and oxygen atoms in total. The lowest BCUT2D eigenvalue weighted by atomic mass is 10.1. The molecule has 9 heteroatoms. The van der Waals surface area contributed by atoms with Gasteiger partial charge in [-0.05, 0) is 30.3 Å². The second-order valence-electron chi connectivity index (χ2n) is 5.64. The van der Waals surface area contributed by atoms with Crippen LogP contribution in [0.5, 0.6) is 11.6 Å². The van der Waals surface area contributed by atoms with Crippen LogP contribution in [0.4, 0.5) is 23.4 Å². The molecule has 0 saturated heterocycles. The standard InChI is InChI=1S/C18H10F4N4O/c19-8-1-3-11(21)10(5-8)17-16-13(25-26-17)7-15(24-18(16)23)27-14-4-2-9(20)6-12(14)22/h1-7H,(H2,23,24)(H,25,26). The molecule has 2 aromatic carbocycles. The van der Waals surface area contributed by atoms with Crippen molar-refractivity contribution in [2.45, 2.75) is 0 Å². The molecule has 4 rings (SSSR count). The number of rotatable bonds is 3. The van der Waals surface area contributed by atoms with Crippen LogP contribution >= 0.6 is 0 Å². The van der Waals surface area contributed by atoms with Gasteiger partial charge in [-0.25, -0.2) is 17.6 Å². The number of nitrogens with one attached hydrogen (secondary N) is 1. The van der Waals surface area contributed by atoms with Crippen LogP contribution in [0.1, 0.15) is 0 Å². The average molecular weight is 374 g/mol. The zero-order valence-corrected chi connectivity index (χ0v) is 13.4. The molecule has 3 N–H and O–H groups in total. The lowest BCUT2D eigenvalue weighted by molar-refractivity contribution is 0.425. The maximum Gasteiger partial charge on any atom is 0.223 e. The van der Waals surface area contributed by atoms with Gasteiger partial charge in [-0.1, -0.05) is 0 Å². The van der Waals surface area contributed by atoms with Gasteiger partial charge >= 0.3 is 0 Å². The van der Waals surface area contributed by atoms with Gasteiger partial charge in [-0.3, -0.25) is 5.10 Å². The van der Waals surface area contributed by atoms with E-state index in [4.69, 9.17) is 10.5 Å². The summed E-state index contributed by atoms with van der Waals surface area (Å²) in [6.07, 6.45) is 0. The smallest absolute Gasteiger partial charge is 0.223 e. The van der Waals surface area contributed by atoms with Crippen molar-refractivity contribution in [2.75, 3.05) is 5.73 Å². The highest BCUT2D eigenvalue weighted by Gasteiger charge is 2.18. The molecule has 0 spiro atoms. The van der Waals surface area contributed by atoms with Crippen molar-refractivity contribution >= 4 is 16.7 Å². The van der Waals surface area contributed by atoms with Crippen LogP contribution in [0.3, 0.4) is 0 Å². The van der Waals surface area contributed by atoms with Crippen molar-refractivity contribution < 1.29 is 22.3 Å². The zero-order valence-electron chi connectivity index (χ0n) is 13.4. The summed E-state index contributed by atoms with van der Waals surface area (Å²) in [7, 11) is 0. The zero-order chi connectivity index (χ0) is 19.1. The van der Waals surface area contributed by atoms with Gasteiger partial charge in [0.1, 0.15) is 29.0 Å². The van der Waals surface area contributed by atoms with Gasteiger partial charge in [0, 0.05) is 17.7 Å². The van der Waals surface area contributed by atoms with E-state index in [1.54, 1.807) is 0 Å². The van der Waals surface area contributed by atoms with E-state index >= 15 is 0 Å². The number of benzene rings is 2. The monoisotopic (exact) mass is 374 g/mol. The highest BCUT2D eigenvalue weighted by molar-refractivity contribution is 6.00. The van der Waals surface area contributed by atoms with Crippen molar-refractivity contribution in [1.82, 2.24) is 15.2 Å². The minimum absolute atomic E-state index is 0.0755. The number of pyridine rings is 1. The molecule has 4 aromatic rings. The molecule has 0 amide bonds. The molecule has 2 aromatic heterocycles. The molecule has 136 valence electrons. The second-order valence-corrected chi connectivity index (χ2v) is 5.64. The first-order chi connectivity index (χ1) is 12.9. The number of fused-ring (bicyclic) bond motifs is 1. The quantitative estimate of drug-likeness (QED) is 0.516. The Balaban J connectivity index is 1.79. The molecule has 0 unspecified atom stereocenters. The van der Waals surface area contributed by atoms with E-state index in [-0.39, 0.29) is 34.1 Å². The van der Waals surface area contributed by atoms with Crippen molar-refractivity contribution in [3.8, 4) is 22.9 Å².